The summed E-state index contributed by atoms with van der Waals surface area (Å²) in [7, 11) is 0. The lowest BCUT2D eigenvalue weighted by Gasteiger charge is -2.31. The first-order valence-corrected chi connectivity index (χ1v) is 14.4. The van der Waals surface area contributed by atoms with Crippen LogP contribution in [0.15, 0.2) is 60.0 Å². The lowest BCUT2D eigenvalue weighted by atomic mass is 9.97. The van der Waals surface area contributed by atoms with Gasteiger partial charge >= 0.3 is 0 Å². The Morgan fingerprint density at radius 2 is 1.76 bits per heavy atom. The van der Waals surface area contributed by atoms with Crippen molar-refractivity contribution >= 4 is 23.2 Å². The second-order valence-electron chi connectivity index (χ2n) is 10.5. The summed E-state index contributed by atoms with van der Waals surface area (Å²) < 4.78 is 5.68. The van der Waals surface area contributed by atoms with Crippen LogP contribution < -0.4 is 10.1 Å². The Morgan fingerprint density at radius 1 is 1.03 bits per heavy atom. The van der Waals surface area contributed by atoms with E-state index in [9.17, 15) is 9.59 Å². The Kier molecular flexibility index (Phi) is 8.39. The van der Waals surface area contributed by atoms with E-state index in [1.165, 1.54) is 5.56 Å². The average Bonchev–Trinajstić information content (AvgIpc) is 3.59. The first-order chi connectivity index (χ1) is 18.4. The van der Waals surface area contributed by atoms with Crippen molar-refractivity contribution in [1.82, 2.24) is 20.1 Å². The van der Waals surface area contributed by atoms with Gasteiger partial charge in [-0.1, -0.05) is 30.3 Å². The molecule has 1 N–H and O–H groups in total. The number of ether oxygens (including phenoxy) is 1. The summed E-state index contributed by atoms with van der Waals surface area (Å²) in [5.41, 5.74) is 2.49. The first-order valence-electron chi connectivity index (χ1n) is 13.5. The van der Waals surface area contributed by atoms with E-state index in [1.54, 1.807) is 11.3 Å². The Bertz CT molecular complexity index is 1220. The minimum Gasteiger partial charge on any atom is -0.491 e. The number of likely N-dealkylation sites (tertiary alicyclic amines) is 2. The van der Waals surface area contributed by atoms with Crippen LogP contribution in [-0.2, 0) is 6.54 Å². The van der Waals surface area contributed by atoms with Crippen molar-refractivity contribution in [2.75, 3.05) is 26.2 Å². The van der Waals surface area contributed by atoms with Gasteiger partial charge < -0.3 is 15.0 Å². The molecular weight excluding hydrogens is 496 g/mol. The highest BCUT2D eigenvalue weighted by molar-refractivity contribution is 7.09. The summed E-state index contributed by atoms with van der Waals surface area (Å²) >= 11 is 1.56. The molecule has 1 unspecified atom stereocenters. The van der Waals surface area contributed by atoms with Crippen LogP contribution in [0.5, 0.6) is 5.75 Å². The fourth-order valence-electron chi connectivity index (χ4n) is 5.23. The van der Waals surface area contributed by atoms with E-state index in [-0.39, 0.29) is 29.9 Å². The van der Waals surface area contributed by atoms with Crippen LogP contribution >= 0.6 is 11.3 Å². The molecule has 7 nitrogen and oxygen atoms in total. The van der Waals surface area contributed by atoms with Gasteiger partial charge in [-0.2, -0.15) is 0 Å². The highest BCUT2D eigenvalue weighted by Crippen LogP contribution is 2.31. The number of nitrogens with zero attached hydrogens (tertiary/aromatic N) is 3. The molecular formula is C30H36N4O3S. The van der Waals surface area contributed by atoms with Crippen LogP contribution in [0.3, 0.4) is 0 Å². The van der Waals surface area contributed by atoms with Gasteiger partial charge in [0.15, 0.2) is 0 Å². The van der Waals surface area contributed by atoms with E-state index < -0.39 is 0 Å². The summed E-state index contributed by atoms with van der Waals surface area (Å²) in [6.07, 6.45) is 2.76. The molecule has 3 heterocycles. The normalized spacial score (nSPS) is 18.6. The molecule has 0 saturated carbocycles. The molecule has 0 spiro atoms. The maximum absolute atomic E-state index is 13.0. The molecule has 5 rings (SSSR count). The van der Waals surface area contributed by atoms with Gasteiger partial charge in [-0.25, -0.2) is 4.98 Å². The van der Waals surface area contributed by atoms with Crippen LogP contribution in [0.2, 0.25) is 0 Å². The molecule has 2 aliphatic rings. The standard InChI is InChI=1S/C30H36N4O3S/c1-21(2)37-26-10-8-24(9-11-26)30(36)34-16-12-23(13-17-34)29-32-27(20-38-29)28(35)31-25-14-15-33(19-25)18-22-6-4-3-5-7-22/h3-11,20-21,23,25H,12-19H2,1-2H3,(H,31,35). The molecule has 0 aliphatic carbocycles. The molecule has 2 saturated heterocycles. The molecule has 2 amide bonds. The monoisotopic (exact) mass is 532 g/mol. The summed E-state index contributed by atoms with van der Waals surface area (Å²) in [4.78, 5) is 34.9. The Morgan fingerprint density at radius 3 is 2.47 bits per heavy atom. The summed E-state index contributed by atoms with van der Waals surface area (Å²) in [6, 6.07) is 18.0. The zero-order chi connectivity index (χ0) is 26.5. The molecule has 0 bridgehead atoms. The van der Waals surface area contributed by atoms with E-state index in [0.29, 0.717) is 24.3 Å². The van der Waals surface area contributed by atoms with E-state index in [1.807, 2.05) is 54.5 Å². The maximum atomic E-state index is 13.0. The fraction of sp³-hybridized carbons (Fsp3) is 0.433. The number of thiazole rings is 1. The number of amides is 2. The van der Waals surface area contributed by atoms with Gasteiger partial charge in [-0.05, 0) is 62.9 Å². The highest BCUT2D eigenvalue weighted by Gasteiger charge is 2.28. The van der Waals surface area contributed by atoms with Gasteiger partial charge in [0.2, 0.25) is 0 Å². The molecule has 1 aromatic heterocycles. The fourth-order valence-corrected chi connectivity index (χ4v) is 6.21. The minimum atomic E-state index is -0.0865. The van der Waals surface area contributed by atoms with Crippen LogP contribution in [0.1, 0.15) is 70.4 Å². The third-order valence-corrected chi connectivity index (χ3v) is 8.22. The number of aromatic nitrogens is 1. The first kappa shape index (κ1) is 26.4. The average molecular weight is 533 g/mol. The molecule has 3 aromatic rings. The van der Waals surface area contributed by atoms with Gasteiger partial charge in [-0.15, -0.1) is 11.3 Å². The number of hydrogen-bond donors (Lipinski definition) is 1. The van der Waals surface area contributed by atoms with Gasteiger partial charge in [0.05, 0.1) is 11.1 Å². The number of hydrogen-bond acceptors (Lipinski definition) is 6. The molecule has 38 heavy (non-hydrogen) atoms. The highest BCUT2D eigenvalue weighted by atomic mass is 32.1. The second kappa shape index (κ2) is 12.1. The summed E-state index contributed by atoms with van der Waals surface area (Å²) in [5.74, 6) is 1.02. The molecule has 8 heteroatoms. The molecule has 2 aromatic carbocycles. The number of nitrogens with one attached hydrogen (secondary N) is 1. The number of benzene rings is 2. The quantitative estimate of drug-likeness (QED) is 0.444. The zero-order valence-electron chi connectivity index (χ0n) is 22.1. The van der Waals surface area contributed by atoms with Gasteiger partial charge in [0.25, 0.3) is 11.8 Å². The van der Waals surface area contributed by atoms with Gasteiger partial charge in [-0.3, -0.25) is 14.5 Å². The number of carbonyl (C=O) groups excluding carboxylic acids is 2. The van der Waals surface area contributed by atoms with Crippen molar-refractivity contribution in [3.05, 3.63) is 81.8 Å². The second-order valence-corrected chi connectivity index (χ2v) is 11.4. The SMILES string of the molecule is CC(C)Oc1ccc(C(=O)N2CCC(c3nc(C(=O)NC4CCN(Cc5ccccc5)C4)cs3)CC2)cc1. The van der Waals surface area contributed by atoms with Crippen molar-refractivity contribution < 1.29 is 14.3 Å². The van der Waals surface area contributed by atoms with Crippen LogP contribution in [-0.4, -0.2) is 64.9 Å². The third kappa shape index (κ3) is 6.60. The topological polar surface area (TPSA) is 74.8 Å². The minimum absolute atomic E-state index is 0.0524. The smallest absolute Gasteiger partial charge is 0.271 e. The molecule has 1 atom stereocenters. The predicted octanol–water partition coefficient (Wildman–Crippen LogP) is 4.95. The number of piperidine rings is 1. The summed E-state index contributed by atoms with van der Waals surface area (Å²) in [6.45, 7) is 8.09. The van der Waals surface area contributed by atoms with Crippen LogP contribution in [0.4, 0.5) is 0 Å². The Labute approximate surface area is 228 Å². The Hall–Kier alpha value is -3.23. The van der Waals surface area contributed by atoms with Crippen LogP contribution in [0, 0.1) is 0 Å². The van der Waals surface area contributed by atoms with E-state index in [0.717, 1.165) is 49.7 Å². The van der Waals surface area contributed by atoms with Crippen molar-refractivity contribution in [2.45, 2.75) is 57.7 Å². The largest absolute Gasteiger partial charge is 0.491 e. The van der Waals surface area contributed by atoms with E-state index in [4.69, 9.17) is 9.72 Å². The van der Waals surface area contributed by atoms with E-state index >= 15 is 0 Å². The van der Waals surface area contributed by atoms with Crippen molar-refractivity contribution in [3.63, 3.8) is 0 Å². The predicted molar refractivity (Wildman–Crippen MR) is 150 cm³/mol. The Balaban J connectivity index is 1.09. The number of rotatable bonds is 8. The summed E-state index contributed by atoms with van der Waals surface area (Å²) in [5, 5.41) is 6.05. The molecule has 0 radical (unpaired) electrons. The lowest BCUT2D eigenvalue weighted by Crippen LogP contribution is -2.38. The zero-order valence-corrected chi connectivity index (χ0v) is 23.0. The van der Waals surface area contributed by atoms with Crippen LogP contribution in [0.25, 0.3) is 0 Å². The molecule has 200 valence electrons. The van der Waals surface area contributed by atoms with E-state index in [2.05, 4.69) is 34.5 Å². The van der Waals surface area contributed by atoms with Gasteiger partial charge in [0, 0.05) is 55.6 Å². The van der Waals surface area contributed by atoms with Crippen molar-refractivity contribution in [2.24, 2.45) is 0 Å². The third-order valence-electron chi connectivity index (χ3n) is 7.22. The molecule has 2 aliphatic heterocycles. The lowest BCUT2D eigenvalue weighted by molar-refractivity contribution is 0.0713. The maximum Gasteiger partial charge on any atom is 0.271 e. The van der Waals surface area contributed by atoms with Crippen molar-refractivity contribution in [3.8, 4) is 5.75 Å². The number of carbonyl (C=O) groups is 2. The van der Waals surface area contributed by atoms with Crippen molar-refractivity contribution in [1.29, 1.82) is 0 Å². The van der Waals surface area contributed by atoms with Gasteiger partial charge in [0.1, 0.15) is 11.4 Å². The molecule has 2 fully saturated rings.